The summed E-state index contributed by atoms with van der Waals surface area (Å²) in [6, 6.07) is 9.51. The maximum atomic E-state index is 12.3. The average Bonchev–Trinajstić information content (AvgIpc) is 3.06. The second-order valence-corrected chi connectivity index (χ2v) is 7.92. The highest BCUT2D eigenvalue weighted by molar-refractivity contribution is 7.09. The van der Waals surface area contributed by atoms with Crippen LogP contribution in [0.2, 0.25) is 10.0 Å². The number of hydrogen-bond donors (Lipinski definition) is 3. The monoisotopic (exact) mass is 385 g/mol. The Morgan fingerprint density at radius 3 is 2.33 bits per heavy atom. The summed E-state index contributed by atoms with van der Waals surface area (Å²) in [5, 5.41) is 5.91. The zero-order valence-electron chi connectivity index (χ0n) is 13.3. The number of quaternary nitrogens is 2. The van der Waals surface area contributed by atoms with Crippen molar-refractivity contribution in [1.82, 2.24) is 0 Å². The molecule has 0 unspecified atom stereocenters. The third-order valence-corrected chi connectivity index (χ3v) is 5.81. The molecule has 24 heavy (non-hydrogen) atoms. The summed E-state index contributed by atoms with van der Waals surface area (Å²) in [5.41, 5.74) is 0.507. The smallest absolute Gasteiger partial charge is 0.279 e. The molecule has 0 spiro atoms. The lowest BCUT2D eigenvalue weighted by Crippen LogP contribution is -3.28. The zero-order valence-corrected chi connectivity index (χ0v) is 15.6. The molecule has 2 aromatic rings. The van der Waals surface area contributed by atoms with E-state index in [1.807, 2.05) is 11.3 Å². The molecule has 3 N–H and O–H groups in total. The van der Waals surface area contributed by atoms with E-state index in [1.165, 1.54) is 9.78 Å². The van der Waals surface area contributed by atoms with Crippen molar-refractivity contribution in [3.8, 4) is 0 Å². The van der Waals surface area contributed by atoms with Gasteiger partial charge in [0, 0.05) is 0 Å². The molecule has 1 aliphatic heterocycles. The zero-order chi connectivity index (χ0) is 16.9. The van der Waals surface area contributed by atoms with Gasteiger partial charge in [0.15, 0.2) is 6.54 Å². The van der Waals surface area contributed by atoms with Crippen molar-refractivity contribution < 1.29 is 14.6 Å². The van der Waals surface area contributed by atoms with Crippen LogP contribution < -0.4 is 15.1 Å². The molecule has 0 bridgehead atoms. The second kappa shape index (κ2) is 8.32. The Kier molecular flexibility index (Phi) is 6.14. The van der Waals surface area contributed by atoms with E-state index in [2.05, 4.69) is 22.8 Å². The van der Waals surface area contributed by atoms with Crippen LogP contribution in [0.1, 0.15) is 4.88 Å². The fourth-order valence-electron chi connectivity index (χ4n) is 3.00. The third-order valence-electron chi connectivity index (χ3n) is 4.31. The Morgan fingerprint density at radius 2 is 1.71 bits per heavy atom. The fraction of sp³-hybridized carbons (Fsp3) is 0.353. The molecule has 0 aliphatic carbocycles. The number of para-hydroxylation sites is 1. The molecule has 1 aliphatic rings. The summed E-state index contributed by atoms with van der Waals surface area (Å²) in [5.74, 6) is -0.0401. The van der Waals surface area contributed by atoms with Crippen LogP contribution in [0, 0.1) is 0 Å². The van der Waals surface area contributed by atoms with Gasteiger partial charge in [0.25, 0.3) is 5.91 Å². The molecule has 3 rings (SSSR count). The maximum absolute atomic E-state index is 12.3. The van der Waals surface area contributed by atoms with Crippen LogP contribution in [0.25, 0.3) is 0 Å². The number of hydrogen-bond acceptors (Lipinski definition) is 2. The SMILES string of the molecule is O=C(C[NH+]1CC[NH+](Cc2cccs2)CC1)Nc1c(Cl)cccc1Cl. The molecule has 1 aromatic carbocycles. The number of piperazine rings is 1. The Hall–Kier alpha value is -1.11. The van der Waals surface area contributed by atoms with Crippen LogP contribution in [0.5, 0.6) is 0 Å². The van der Waals surface area contributed by atoms with Gasteiger partial charge >= 0.3 is 0 Å². The van der Waals surface area contributed by atoms with Crippen LogP contribution >= 0.6 is 34.5 Å². The maximum Gasteiger partial charge on any atom is 0.279 e. The van der Waals surface area contributed by atoms with Crippen molar-refractivity contribution >= 4 is 46.1 Å². The first kappa shape index (κ1) is 17.7. The first-order valence-electron chi connectivity index (χ1n) is 8.05. The molecule has 0 saturated carbocycles. The van der Waals surface area contributed by atoms with E-state index >= 15 is 0 Å². The quantitative estimate of drug-likeness (QED) is 0.704. The molecular weight excluding hydrogens is 365 g/mol. The van der Waals surface area contributed by atoms with Crippen LogP contribution in [0.15, 0.2) is 35.7 Å². The summed E-state index contributed by atoms with van der Waals surface area (Å²) in [4.78, 5) is 16.6. The van der Waals surface area contributed by atoms with E-state index in [0.717, 1.165) is 32.7 Å². The predicted octanol–water partition coefficient (Wildman–Crippen LogP) is 0.977. The lowest BCUT2D eigenvalue weighted by Gasteiger charge is -2.29. The van der Waals surface area contributed by atoms with Gasteiger partial charge in [0.1, 0.15) is 32.7 Å². The minimum Gasteiger partial charge on any atom is -0.321 e. The minimum absolute atomic E-state index is 0.0401. The van der Waals surface area contributed by atoms with E-state index in [1.54, 1.807) is 23.1 Å². The van der Waals surface area contributed by atoms with Gasteiger partial charge < -0.3 is 15.1 Å². The molecule has 1 fully saturated rings. The first-order valence-corrected chi connectivity index (χ1v) is 9.69. The van der Waals surface area contributed by atoms with Crippen LogP contribution in [0.3, 0.4) is 0 Å². The summed E-state index contributed by atoms with van der Waals surface area (Å²) in [6.45, 7) is 5.73. The Balaban J connectivity index is 1.46. The topological polar surface area (TPSA) is 38.0 Å². The lowest BCUT2D eigenvalue weighted by molar-refractivity contribution is -1.01. The number of amides is 1. The van der Waals surface area contributed by atoms with Gasteiger partial charge in [0.05, 0.1) is 20.6 Å². The number of anilines is 1. The van der Waals surface area contributed by atoms with Gasteiger partial charge in [-0.15, -0.1) is 11.3 Å². The predicted molar refractivity (Wildman–Crippen MR) is 99.4 cm³/mol. The molecule has 4 nitrogen and oxygen atoms in total. The number of halogens is 2. The van der Waals surface area contributed by atoms with Gasteiger partial charge in [-0.05, 0) is 23.6 Å². The molecular formula is C17H21Cl2N3OS+2. The Morgan fingerprint density at radius 1 is 1.04 bits per heavy atom. The van der Waals surface area contributed by atoms with Crippen molar-refractivity contribution in [1.29, 1.82) is 0 Å². The van der Waals surface area contributed by atoms with E-state index in [9.17, 15) is 4.79 Å². The average molecular weight is 386 g/mol. The van der Waals surface area contributed by atoms with Gasteiger partial charge in [-0.1, -0.05) is 35.3 Å². The van der Waals surface area contributed by atoms with Crippen molar-refractivity contribution in [2.75, 3.05) is 38.0 Å². The van der Waals surface area contributed by atoms with Gasteiger partial charge in [-0.25, -0.2) is 0 Å². The van der Waals surface area contributed by atoms with Crippen LogP contribution in [0.4, 0.5) is 5.69 Å². The molecule has 0 radical (unpaired) electrons. The number of thiophene rings is 1. The Bertz CT molecular complexity index is 665. The Labute approximate surface area is 156 Å². The largest absolute Gasteiger partial charge is 0.321 e. The highest BCUT2D eigenvalue weighted by Gasteiger charge is 2.25. The first-order chi connectivity index (χ1) is 11.6. The fourth-order valence-corrected chi connectivity index (χ4v) is 4.27. The van der Waals surface area contributed by atoms with Gasteiger partial charge in [-0.3, -0.25) is 4.79 Å². The highest BCUT2D eigenvalue weighted by Crippen LogP contribution is 2.29. The van der Waals surface area contributed by atoms with E-state index in [4.69, 9.17) is 23.2 Å². The lowest BCUT2D eigenvalue weighted by atomic mass is 10.3. The summed E-state index contributed by atoms with van der Waals surface area (Å²) < 4.78 is 0. The van der Waals surface area contributed by atoms with Crippen molar-refractivity contribution in [3.63, 3.8) is 0 Å². The molecule has 7 heteroatoms. The molecule has 1 aromatic heterocycles. The molecule has 1 saturated heterocycles. The van der Waals surface area contributed by atoms with Crippen LogP contribution in [-0.2, 0) is 11.3 Å². The van der Waals surface area contributed by atoms with E-state index < -0.39 is 0 Å². The molecule has 128 valence electrons. The van der Waals surface area contributed by atoms with Gasteiger partial charge in [0.2, 0.25) is 0 Å². The van der Waals surface area contributed by atoms with E-state index in [0.29, 0.717) is 22.3 Å². The molecule has 2 heterocycles. The summed E-state index contributed by atoms with van der Waals surface area (Å²) in [6.07, 6.45) is 0. The second-order valence-electron chi connectivity index (χ2n) is 6.08. The summed E-state index contributed by atoms with van der Waals surface area (Å²) in [7, 11) is 0. The van der Waals surface area contributed by atoms with Crippen LogP contribution in [-0.4, -0.2) is 38.6 Å². The van der Waals surface area contributed by atoms with Crippen molar-refractivity contribution in [2.24, 2.45) is 0 Å². The highest BCUT2D eigenvalue weighted by atomic mass is 35.5. The molecule has 1 amide bonds. The standard InChI is InChI=1S/C17H19Cl2N3OS/c18-14-4-1-5-15(19)17(14)20-16(23)12-22-8-6-21(7-9-22)11-13-3-2-10-24-13/h1-5,10H,6-9,11-12H2,(H,20,23)/p+2. The normalized spacial score (nSPS) is 20.8. The third kappa shape index (κ3) is 4.71. The number of benzene rings is 1. The number of carbonyl (C=O) groups excluding carboxylic acids is 1. The minimum atomic E-state index is -0.0401. The van der Waals surface area contributed by atoms with E-state index in [-0.39, 0.29) is 5.91 Å². The number of nitrogens with one attached hydrogen (secondary N) is 3. The number of carbonyl (C=O) groups is 1. The van der Waals surface area contributed by atoms with Crippen molar-refractivity contribution in [3.05, 3.63) is 50.6 Å². The molecule has 0 atom stereocenters. The number of rotatable bonds is 5. The van der Waals surface area contributed by atoms with Crippen molar-refractivity contribution in [2.45, 2.75) is 6.54 Å². The van der Waals surface area contributed by atoms with Gasteiger partial charge in [-0.2, -0.15) is 0 Å². The summed E-state index contributed by atoms with van der Waals surface area (Å²) >= 11 is 14.0.